The fraction of sp³-hybridized carbons (Fsp3) is 0.190. The van der Waals surface area contributed by atoms with E-state index < -0.39 is 11.9 Å². The van der Waals surface area contributed by atoms with Crippen LogP contribution in [0.15, 0.2) is 54.7 Å². The highest BCUT2D eigenvalue weighted by atomic mass is 19.1. The van der Waals surface area contributed by atoms with Gasteiger partial charge in [-0.05, 0) is 42.8 Å². The van der Waals surface area contributed by atoms with Crippen LogP contribution in [-0.2, 0) is 6.61 Å². The lowest BCUT2D eigenvalue weighted by molar-refractivity contribution is 0.0981. The first-order valence-electron chi connectivity index (χ1n) is 8.81. The molecule has 0 atom stereocenters. The highest BCUT2D eigenvalue weighted by Crippen LogP contribution is 2.24. The van der Waals surface area contributed by atoms with E-state index in [0.29, 0.717) is 34.6 Å². The van der Waals surface area contributed by atoms with Gasteiger partial charge >= 0.3 is 6.09 Å². The van der Waals surface area contributed by atoms with E-state index >= 15 is 0 Å². The second-order valence-electron chi connectivity index (χ2n) is 6.23. The van der Waals surface area contributed by atoms with Crippen LogP contribution in [0.25, 0.3) is 11.3 Å². The molecule has 0 amide bonds. The van der Waals surface area contributed by atoms with Gasteiger partial charge in [0.1, 0.15) is 18.2 Å². The zero-order chi connectivity index (χ0) is 20.1. The van der Waals surface area contributed by atoms with Crippen molar-refractivity contribution in [2.45, 2.75) is 26.4 Å². The van der Waals surface area contributed by atoms with Crippen LogP contribution in [0.4, 0.5) is 9.18 Å². The van der Waals surface area contributed by atoms with Crippen LogP contribution in [0.1, 0.15) is 35.7 Å². The summed E-state index contributed by atoms with van der Waals surface area (Å²) in [6.07, 6.45) is 1.36. The molecule has 1 heterocycles. The first-order chi connectivity index (χ1) is 13.5. The zero-order valence-corrected chi connectivity index (χ0v) is 15.3. The van der Waals surface area contributed by atoms with Gasteiger partial charge in [0, 0.05) is 29.3 Å². The van der Waals surface area contributed by atoms with E-state index in [0.717, 1.165) is 11.1 Å². The van der Waals surface area contributed by atoms with Gasteiger partial charge in [-0.1, -0.05) is 19.1 Å². The summed E-state index contributed by atoms with van der Waals surface area (Å²) < 4.78 is 20.0. The van der Waals surface area contributed by atoms with Crippen LogP contribution in [0.2, 0.25) is 0 Å². The molecule has 1 N–H and O–H groups in total. The van der Waals surface area contributed by atoms with Crippen LogP contribution in [-0.4, -0.2) is 26.8 Å². The number of carbonyl (C=O) groups excluding carboxylic acids is 1. The Morgan fingerprint density at radius 3 is 2.57 bits per heavy atom. The minimum atomic E-state index is -1.25. The van der Waals surface area contributed by atoms with E-state index in [1.54, 1.807) is 30.3 Å². The molecular formula is C21H19FN2O4. The summed E-state index contributed by atoms with van der Waals surface area (Å²) in [5.74, 6) is 0.160. The maximum atomic E-state index is 13.5. The molecule has 0 aliphatic carbocycles. The summed E-state index contributed by atoms with van der Waals surface area (Å²) in [6.45, 7) is 1.99. The van der Waals surface area contributed by atoms with Crippen molar-refractivity contribution in [3.8, 4) is 17.0 Å². The molecule has 0 saturated carbocycles. The molecule has 3 rings (SSSR count). The summed E-state index contributed by atoms with van der Waals surface area (Å²) >= 11 is 0. The summed E-state index contributed by atoms with van der Waals surface area (Å²) in [5.41, 5.74) is 1.91. The van der Waals surface area contributed by atoms with Gasteiger partial charge in [-0.25, -0.2) is 9.18 Å². The van der Waals surface area contributed by atoms with Crippen LogP contribution in [0.3, 0.4) is 0 Å². The van der Waals surface area contributed by atoms with E-state index in [1.165, 1.54) is 24.4 Å². The van der Waals surface area contributed by atoms with Crippen molar-refractivity contribution in [3.05, 3.63) is 71.7 Å². The standard InChI is InChI=1S/C21H19FN2O4/c1-2-4-19(25)14-7-9-18(10-8-14)28-13-16-12-24(21(26)27)23-20(16)15-5-3-6-17(22)11-15/h3,5-12H,2,4,13H2,1H3,(H,26,27). The molecule has 6 nitrogen and oxygen atoms in total. The third kappa shape index (κ3) is 4.43. The number of Topliss-reactive ketones (excluding diaryl/α,β-unsaturated/α-hetero) is 1. The van der Waals surface area contributed by atoms with Gasteiger partial charge in [-0.2, -0.15) is 9.78 Å². The van der Waals surface area contributed by atoms with Crippen LogP contribution in [0, 0.1) is 5.82 Å². The second kappa shape index (κ2) is 8.47. The van der Waals surface area contributed by atoms with Gasteiger partial charge in [0.15, 0.2) is 5.78 Å². The largest absolute Gasteiger partial charge is 0.489 e. The van der Waals surface area contributed by atoms with Crippen molar-refractivity contribution < 1.29 is 23.8 Å². The number of rotatable bonds is 7. The third-order valence-corrected chi connectivity index (χ3v) is 4.13. The van der Waals surface area contributed by atoms with Crippen molar-refractivity contribution >= 4 is 11.9 Å². The lowest BCUT2D eigenvalue weighted by Gasteiger charge is -2.07. The Labute approximate surface area is 161 Å². The van der Waals surface area contributed by atoms with Gasteiger partial charge in [-0.15, -0.1) is 0 Å². The van der Waals surface area contributed by atoms with Gasteiger partial charge in [0.2, 0.25) is 0 Å². The molecule has 0 aliphatic rings. The Balaban J connectivity index is 1.80. The minimum absolute atomic E-state index is 0.0430. The van der Waals surface area contributed by atoms with Crippen LogP contribution < -0.4 is 4.74 Å². The summed E-state index contributed by atoms with van der Waals surface area (Å²) in [4.78, 5) is 23.1. The number of nitrogens with zero attached hydrogens (tertiary/aromatic N) is 2. The number of hydrogen-bond acceptors (Lipinski definition) is 4. The average Bonchev–Trinajstić information content (AvgIpc) is 3.12. The van der Waals surface area contributed by atoms with E-state index in [-0.39, 0.29) is 12.4 Å². The SMILES string of the molecule is CCCC(=O)c1ccc(OCc2cn(C(=O)O)nc2-c2cccc(F)c2)cc1. The Morgan fingerprint density at radius 2 is 1.93 bits per heavy atom. The molecule has 3 aromatic rings. The summed E-state index contributed by atoms with van der Waals surface area (Å²) in [6, 6.07) is 12.5. The first kappa shape index (κ1) is 19.3. The highest BCUT2D eigenvalue weighted by molar-refractivity contribution is 5.96. The van der Waals surface area contributed by atoms with Crippen LogP contribution >= 0.6 is 0 Å². The van der Waals surface area contributed by atoms with E-state index in [1.807, 2.05) is 6.92 Å². The van der Waals surface area contributed by atoms with E-state index in [2.05, 4.69) is 5.10 Å². The second-order valence-corrected chi connectivity index (χ2v) is 6.23. The smallest absolute Gasteiger partial charge is 0.432 e. The number of aromatic nitrogens is 2. The Kier molecular flexibility index (Phi) is 5.84. The summed E-state index contributed by atoms with van der Waals surface area (Å²) in [7, 11) is 0. The molecule has 0 bridgehead atoms. The number of halogens is 1. The normalized spacial score (nSPS) is 10.6. The fourth-order valence-corrected chi connectivity index (χ4v) is 2.76. The molecule has 0 unspecified atom stereocenters. The molecule has 28 heavy (non-hydrogen) atoms. The fourth-order valence-electron chi connectivity index (χ4n) is 2.76. The van der Waals surface area contributed by atoms with Gasteiger partial charge in [0.25, 0.3) is 0 Å². The molecular weight excluding hydrogens is 363 g/mol. The lowest BCUT2D eigenvalue weighted by Crippen LogP contribution is -2.08. The lowest BCUT2D eigenvalue weighted by atomic mass is 10.1. The van der Waals surface area contributed by atoms with Gasteiger partial charge in [-0.3, -0.25) is 4.79 Å². The van der Waals surface area contributed by atoms with E-state index in [4.69, 9.17) is 4.74 Å². The number of benzene rings is 2. The quantitative estimate of drug-likeness (QED) is 0.595. The molecule has 144 valence electrons. The number of carboxylic acid groups (broad SMARTS) is 1. The maximum Gasteiger partial charge on any atom is 0.432 e. The van der Waals surface area contributed by atoms with E-state index in [9.17, 15) is 19.1 Å². The molecule has 2 aromatic carbocycles. The minimum Gasteiger partial charge on any atom is -0.489 e. The molecule has 0 aliphatic heterocycles. The Bertz CT molecular complexity index is 996. The monoisotopic (exact) mass is 382 g/mol. The van der Waals surface area contributed by atoms with Crippen molar-refractivity contribution in [2.24, 2.45) is 0 Å². The molecule has 0 spiro atoms. The van der Waals surface area contributed by atoms with Crippen molar-refractivity contribution in [1.82, 2.24) is 9.78 Å². The number of carbonyl (C=O) groups is 2. The maximum absolute atomic E-state index is 13.5. The third-order valence-electron chi connectivity index (χ3n) is 4.13. The number of ether oxygens (including phenoxy) is 1. The van der Waals surface area contributed by atoms with Crippen molar-refractivity contribution in [1.29, 1.82) is 0 Å². The van der Waals surface area contributed by atoms with Gasteiger partial charge < -0.3 is 9.84 Å². The predicted molar refractivity (Wildman–Crippen MR) is 101 cm³/mol. The first-order valence-corrected chi connectivity index (χ1v) is 8.81. The predicted octanol–water partition coefficient (Wildman–Crippen LogP) is 4.78. The topological polar surface area (TPSA) is 81.4 Å². The zero-order valence-electron chi connectivity index (χ0n) is 15.3. The number of ketones is 1. The molecule has 7 heteroatoms. The molecule has 1 aromatic heterocycles. The Morgan fingerprint density at radius 1 is 1.18 bits per heavy atom. The number of hydrogen-bond donors (Lipinski definition) is 1. The molecule has 0 saturated heterocycles. The summed E-state index contributed by atoms with van der Waals surface area (Å²) in [5, 5.41) is 13.2. The molecule has 0 radical (unpaired) electrons. The molecule has 0 fully saturated rings. The average molecular weight is 382 g/mol. The Hall–Kier alpha value is -3.48. The van der Waals surface area contributed by atoms with Crippen molar-refractivity contribution in [3.63, 3.8) is 0 Å². The van der Waals surface area contributed by atoms with Crippen molar-refractivity contribution in [2.75, 3.05) is 0 Å². The van der Waals surface area contributed by atoms with Crippen LogP contribution in [0.5, 0.6) is 5.75 Å². The van der Waals surface area contributed by atoms with Gasteiger partial charge in [0.05, 0.1) is 5.69 Å². The highest BCUT2D eigenvalue weighted by Gasteiger charge is 2.16.